The van der Waals surface area contributed by atoms with Crippen LogP contribution >= 0.6 is 11.8 Å². The quantitative estimate of drug-likeness (QED) is 0.112. The molecular weight excluding hydrogens is 538 g/mol. The second-order valence-electron chi connectivity index (χ2n) is 9.16. The molecular formula is C31H21N5O4S. The van der Waals surface area contributed by atoms with E-state index in [0.29, 0.717) is 32.3 Å². The highest BCUT2D eigenvalue weighted by Gasteiger charge is 2.17. The van der Waals surface area contributed by atoms with Gasteiger partial charge in [0.05, 0.1) is 32.6 Å². The van der Waals surface area contributed by atoms with Crippen molar-refractivity contribution >= 4 is 62.3 Å². The summed E-state index contributed by atoms with van der Waals surface area (Å²) in [5, 5.41) is 17.9. The number of pyridine rings is 2. The molecule has 6 rings (SSSR count). The van der Waals surface area contributed by atoms with Crippen LogP contribution in [-0.4, -0.2) is 26.6 Å². The topological polar surface area (TPSA) is 119 Å². The lowest BCUT2D eigenvalue weighted by Crippen LogP contribution is -2.25. The second-order valence-corrected chi connectivity index (χ2v) is 10.2. The lowest BCUT2D eigenvalue weighted by Gasteiger charge is -2.14. The fraction of sp³-hybridized carbons (Fsp3) is 0.0323. The number of hydrogen-bond donors (Lipinski definition) is 1. The molecule has 1 amide bonds. The average molecular weight is 560 g/mol. The van der Waals surface area contributed by atoms with E-state index < -0.39 is 10.8 Å². The third-order valence-corrected chi connectivity index (χ3v) is 7.73. The van der Waals surface area contributed by atoms with Crippen LogP contribution in [0.5, 0.6) is 0 Å². The summed E-state index contributed by atoms with van der Waals surface area (Å²) >= 11 is 1.29. The normalized spacial score (nSPS) is 11.4. The molecule has 0 radical (unpaired) electrons. The molecule has 10 heteroatoms. The van der Waals surface area contributed by atoms with Gasteiger partial charge in [-0.05, 0) is 48.5 Å². The highest BCUT2D eigenvalue weighted by molar-refractivity contribution is 7.99. The number of hydrazone groups is 1. The smallest absolute Gasteiger partial charge is 0.283 e. The van der Waals surface area contributed by atoms with Gasteiger partial charge in [0.2, 0.25) is 0 Å². The molecule has 41 heavy (non-hydrogen) atoms. The first-order valence-electron chi connectivity index (χ1n) is 12.6. The van der Waals surface area contributed by atoms with Crippen LogP contribution in [0, 0.1) is 10.1 Å². The van der Waals surface area contributed by atoms with E-state index in [1.807, 2.05) is 42.5 Å². The van der Waals surface area contributed by atoms with Crippen LogP contribution in [0.25, 0.3) is 32.7 Å². The number of benzene rings is 4. The van der Waals surface area contributed by atoms with Crippen LogP contribution in [0.3, 0.4) is 0 Å². The number of carbonyl (C=O) groups is 1. The predicted molar refractivity (Wildman–Crippen MR) is 160 cm³/mol. The van der Waals surface area contributed by atoms with Crippen molar-refractivity contribution in [1.82, 2.24) is 15.0 Å². The Morgan fingerprint density at radius 1 is 0.902 bits per heavy atom. The monoisotopic (exact) mass is 559 g/mol. The maximum atomic E-state index is 12.9. The van der Waals surface area contributed by atoms with Crippen LogP contribution in [0.1, 0.15) is 5.56 Å². The van der Waals surface area contributed by atoms with Gasteiger partial charge < -0.3 is 4.57 Å². The summed E-state index contributed by atoms with van der Waals surface area (Å²) in [6.07, 6.45) is 3.07. The van der Waals surface area contributed by atoms with Gasteiger partial charge in [-0.2, -0.15) is 5.10 Å². The third kappa shape index (κ3) is 5.15. The molecule has 0 spiro atoms. The average Bonchev–Trinajstić information content (AvgIpc) is 3.00. The number of carbonyl (C=O) groups excluding carboxylic acids is 1. The van der Waals surface area contributed by atoms with E-state index in [9.17, 15) is 19.7 Å². The highest BCUT2D eigenvalue weighted by Crippen LogP contribution is 2.38. The first-order valence-corrected chi connectivity index (χ1v) is 13.4. The van der Waals surface area contributed by atoms with Crippen molar-refractivity contribution in [2.45, 2.75) is 16.3 Å². The third-order valence-electron chi connectivity index (χ3n) is 6.59. The Balaban J connectivity index is 1.22. The molecule has 9 nitrogen and oxygen atoms in total. The SMILES string of the molecule is O=C(Cn1c2ccccc2c(=O)c2ccccc21)NN=Cc1ccc(Sc2cccc3ncccc23)c([N+](=O)[O-])c1. The number of aromatic nitrogens is 2. The number of rotatable bonds is 7. The van der Waals surface area contributed by atoms with E-state index in [4.69, 9.17) is 0 Å². The van der Waals surface area contributed by atoms with E-state index in [1.165, 1.54) is 24.0 Å². The summed E-state index contributed by atoms with van der Waals surface area (Å²) in [5.41, 5.74) is 4.88. The van der Waals surface area contributed by atoms with E-state index in [-0.39, 0.29) is 17.7 Å². The van der Waals surface area contributed by atoms with Crippen molar-refractivity contribution < 1.29 is 9.72 Å². The van der Waals surface area contributed by atoms with Gasteiger partial charge in [0.25, 0.3) is 11.6 Å². The van der Waals surface area contributed by atoms with Gasteiger partial charge in [0.15, 0.2) is 5.43 Å². The fourth-order valence-electron chi connectivity index (χ4n) is 4.73. The first kappa shape index (κ1) is 25.9. The maximum Gasteiger partial charge on any atom is 0.283 e. The number of amides is 1. The molecule has 0 saturated carbocycles. The Bertz CT molecular complexity index is 2010. The van der Waals surface area contributed by atoms with Crippen LogP contribution in [0.4, 0.5) is 5.69 Å². The zero-order valence-corrected chi connectivity index (χ0v) is 22.2. The molecule has 0 aliphatic carbocycles. The largest absolute Gasteiger partial charge is 0.331 e. The van der Waals surface area contributed by atoms with E-state index in [1.54, 1.807) is 59.3 Å². The summed E-state index contributed by atoms with van der Waals surface area (Å²) in [7, 11) is 0. The van der Waals surface area contributed by atoms with E-state index in [2.05, 4.69) is 15.5 Å². The van der Waals surface area contributed by atoms with Crippen LogP contribution in [-0.2, 0) is 11.3 Å². The molecule has 0 bridgehead atoms. The van der Waals surface area contributed by atoms with Crippen molar-refractivity contribution in [3.8, 4) is 0 Å². The lowest BCUT2D eigenvalue weighted by atomic mass is 10.1. The summed E-state index contributed by atoms with van der Waals surface area (Å²) in [4.78, 5) is 42.9. The molecule has 0 unspecified atom stereocenters. The number of nitro groups is 1. The molecule has 2 aromatic heterocycles. The standard InChI is InChI=1S/C31H21N5O4S/c37-30(19-35-25-11-3-1-7-22(25)31(38)23-8-2-4-12-26(23)35)34-33-18-20-14-15-29(27(17-20)36(39)40)41-28-13-5-10-24-21(28)9-6-16-32-24/h1-18H,19H2,(H,34,37). The number of hydrogen-bond acceptors (Lipinski definition) is 7. The van der Waals surface area contributed by atoms with Gasteiger partial charge in [0.1, 0.15) is 6.54 Å². The minimum absolute atomic E-state index is 0.0719. The summed E-state index contributed by atoms with van der Waals surface area (Å²) in [6, 6.07) is 28.5. The maximum absolute atomic E-state index is 12.9. The van der Waals surface area contributed by atoms with Crippen molar-refractivity contribution in [3.05, 3.63) is 129 Å². The van der Waals surface area contributed by atoms with Crippen molar-refractivity contribution in [2.75, 3.05) is 0 Å². The minimum Gasteiger partial charge on any atom is -0.331 e. The molecule has 0 aliphatic rings. The van der Waals surface area contributed by atoms with Crippen LogP contribution in [0.2, 0.25) is 0 Å². The number of nitrogens with one attached hydrogen (secondary N) is 1. The summed E-state index contributed by atoms with van der Waals surface area (Å²) < 4.78 is 1.77. The molecule has 6 aromatic rings. The summed E-state index contributed by atoms with van der Waals surface area (Å²) in [5.74, 6) is -0.411. The summed E-state index contributed by atoms with van der Waals surface area (Å²) in [6.45, 7) is -0.0751. The van der Waals surface area contributed by atoms with Crippen molar-refractivity contribution in [1.29, 1.82) is 0 Å². The van der Waals surface area contributed by atoms with Gasteiger partial charge in [-0.15, -0.1) is 0 Å². The molecule has 0 fully saturated rings. The Morgan fingerprint density at radius 3 is 2.34 bits per heavy atom. The number of fused-ring (bicyclic) bond motifs is 3. The lowest BCUT2D eigenvalue weighted by molar-refractivity contribution is -0.387. The van der Waals surface area contributed by atoms with Gasteiger partial charge >= 0.3 is 0 Å². The van der Waals surface area contributed by atoms with Gasteiger partial charge in [-0.1, -0.05) is 54.2 Å². The van der Waals surface area contributed by atoms with Gasteiger partial charge in [-0.25, -0.2) is 5.43 Å². The zero-order chi connectivity index (χ0) is 28.3. The van der Waals surface area contributed by atoms with Crippen molar-refractivity contribution in [2.24, 2.45) is 5.10 Å². The molecule has 4 aromatic carbocycles. The fourth-order valence-corrected chi connectivity index (χ4v) is 5.77. The molecule has 1 N–H and O–H groups in total. The van der Waals surface area contributed by atoms with E-state index in [0.717, 1.165) is 15.8 Å². The van der Waals surface area contributed by atoms with Gasteiger partial charge in [0, 0.05) is 38.9 Å². The number of para-hydroxylation sites is 2. The Kier molecular flexibility index (Phi) is 6.97. The predicted octanol–water partition coefficient (Wildman–Crippen LogP) is 5.91. The van der Waals surface area contributed by atoms with Gasteiger partial charge in [-0.3, -0.25) is 24.7 Å². The second kappa shape index (κ2) is 11.0. The molecule has 200 valence electrons. The molecule has 2 heterocycles. The Labute approximate surface area is 237 Å². The van der Waals surface area contributed by atoms with Crippen LogP contribution in [0.15, 0.2) is 123 Å². The number of nitrogens with zero attached hydrogens (tertiary/aromatic N) is 4. The molecule has 0 atom stereocenters. The molecule has 0 aliphatic heterocycles. The minimum atomic E-state index is -0.436. The first-order chi connectivity index (χ1) is 20.0. The van der Waals surface area contributed by atoms with Crippen molar-refractivity contribution in [3.63, 3.8) is 0 Å². The van der Waals surface area contributed by atoms with E-state index >= 15 is 0 Å². The Hall–Kier alpha value is -5.35. The zero-order valence-electron chi connectivity index (χ0n) is 21.4. The molecule has 0 saturated heterocycles. The van der Waals surface area contributed by atoms with Crippen LogP contribution < -0.4 is 10.9 Å². The highest BCUT2D eigenvalue weighted by atomic mass is 32.2. The number of nitro benzene ring substituents is 1. The Morgan fingerprint density at radius 2 is 1.61 bits per heavy atom.